The van der Waals surface area contributed by atoms with Gasteiger partial charge in [0.1, 0.15) is 41.9 Å². The minimum Gasteiger partial charge on any atom is -0.507 e. The number of amides is 2. The molecule has 0 fully saturated rings. The molecule has 0 saturated heterocycles. The molecule has 6 rings (SSSR count). The van der Waals surface area contributed by atoms with Gasteiger partial charge in [0.05, 0.1) is 23.6 Å². The maximum Gasteiger partial charge on any atom is 0.240 e. The van der Waals surface area contributed by atoms with E-state index >= 15 is 0 Å². The quantitative estimate of drug-likeness (QED) is 0.0820. The van der Waals surface area contributed by atoms with E-state index in [0.717, 1.165) is 28.7 Å². The number of aromatic nitrogens is 1. The van der Waals surface area contributed by atoms with Crippen LogP contribution in [0.1, 0.15) is 162 Å². The van der Waals surface area contributed by atoms with Crippen molar-refractivity contribution in [3.05, 3.63) is 91.8 Å². The fourth-order valence-corrected chi connectivity index (χ4v) is 6.09. The fourth-order valence-electron chi connectivity index (χ4n) is 4.61. The molecule has 19 heteroatoms. The third-order valence-corrected chi connectivity index (χ3v) is 10.7. The number of hydroxylamine groups is 1. The van der Waals surface area contributed by atoms with Crippen LogP contribution in [0.15, 0.2) is 77.8 Å². The third-order valence-electron chi connectivity index (χ3n) is 8.86. The van der Waals surface area contributed by atoms with Crippen LogP contribution >= 0.6 is 22.9 Å². The summed E-state index contributed by atoms with van der Waals surface area (Å²) >= 11 is 2.90. The number of amidine groups is 2. The van der Waals surface area contributed by atoms with Crippen molar-refractivity contribution in [2.24, 2.45) is 33.7 Å². The largest absolute Gasteiger partial charge is 0.507 e. The summed E-state index contributed by atoms with van der Waals surface area (Å²) in [5.74, 6) is 6.89. The van der Waals surface area contributed by atoms with E-state index < -0.39 is 0 Å². The monoisotopic (exact) mass is 1000 g/mol. The molecular weight excluding hydrogens is 921 g/mol. The summed E-state index contributed by atoms with van der Waals surface area (Å²) in [5, 5.41) is 35.2. The van der Waals surface area contributed by atoms with Gasteiger partial charge >= 0.3 is 0 Å². The highest BCUT2D eigenvalue weighted by Gasteiger charge is 2.13. The minimum atomic E-state index is 0.0972. The Morgan fingerprint density at radius 3 is 1.51 bits per heavy atom. The molecule has 8 N–H and O–H groups in total. The van der Waals surface area contributed by atoms with E-state index in [2.05, 4.69) is 75.6 Å². The molecular formula is C50H84N8O9S2. The predicted octanol–water partition coefficient (Wildman–Crippen LogP) is 10.7. The molecule has 0 aromatic carbocycles. The Morgan fingerprint density at radius 1 is 0.725 bits per heavy atom. The number of hydrazine groups is 1. The van der Waals surface area contributed by atoms with E-state index in [1.807, 2.05) is 89.2 Å². The zero-order valence-corrected chi connectivity index (χ0v) is 46.2. The lowest BCUT2D eigenvalue weighted by Gasteiger charge is -2.02. The number of thiophene rings is 1. The van der Waals surface area contributed by atoms with Gasteiger partial charge in [-0.05, 0) is 42.9 Å². The summed E-state index contributed by atoms with van der Waals surface area (Å²) in [6, 6.07) is 3.44. The predicted molar refractivity (Wildman–Crippen MR) is 283 cm³/mol. The Kier molecular flexibility index (Phi) is 33.6. The van der Waals surface area contributed by atoms with Crippen LogP contribution in [0, 0.1) is 30.6 Å². The molecule has 390 valence electrons. The van der Waals surface area contributed by atoms with Gasteiger partial charge in [-0.2, -0.15) is 9.37 Å². The zero-order chi connectivity index (χ0) is 53.6. The average Bonchev–Trinajstić information content (AvgIpc) is 4.15. The lowest BCUT2D eigenvalue weighted by molar-refractivity contribution is -0.124. The molecule has 2 amide bonds. The summed E-state index contributed by atoms with van der Waals surface area (Å²) in [6.45, 7) is 38.0. The van der Waals surface area contributed by atoms with Gasteiger partial charge in [-0.1, -0.05) is 111 Å². The number of aromatic hydroxyl groups is 3. The molecule has 0 unspecified atom stereocenters. The van der Waals surface area contributed by atoms with Crippen LogP contribution in [0.25, 0.3) is 0 Å². The summed E-state index contributed by atoms with van der Waals surface area (Å²) < 4.78 is 14.0. The minimum absolute atomic E-state index is 0.0972. The second-order valence-corrected chi connectivity index (χ2v) is 19.5. The molecule has 0 radical (unpaired) electrons. The molecule has 2 aliphatic heterocycles. The van der Waals surface area contributed by atoms with Crippen LogP contribution in [0.5, 0.6) is 17.2 Å². The summed E-state index contributed by atoms with van der Waals surface area (Å²) in [6.07, 6.45) is 4.35. The maximum absolute atomic E-state index is 11.4. The van der Waals surface area contributed by atoms with E-state index in [9.17, 15) is 14.4 Å². The number of furan rings is 1. The van der Waals surface area contributed by atoms with Crippen molar-refractivity contribution in [3.63, 3.8) is 0 Å². The van der Waals surface area contributed by atoms with E-state index in [4.69, 9.17) is 29.0 Å². The lowest BCUT2D eigenvalue weighted by atomic mass is 10.0. The number of hydrogen-bond donors (Lipinski definition) is 8. The summed E-state index contributed by atoms with van der Waals surface area (Å²) in [4.78, 5) is 46.3. The summed E-state index contributed by atoms with van der Waals surface area (Å²) in [5.41, 5.74) is 10.9. The van der Waals surface area contributed by atoms with Crippen molar-refractivity contribution in [1.29, 1.82) is 0 Å². The number of nitrogens with one attached hydrogen (secondary N) is 5. The normalized spacial score (nSPS) is 12.1. The van der Waals surface area contributed by atoms with Gasteiger partial charge in [-0.3, -0.25) is 19.4 Å². The molecule has 0 saturated carbocycles. The highest BCUT2D eigenvalue weighted by Crippen LogP contribution is 2.27. The van der Waals surface area contributed by atoms with Crippen LogP contribution in [0.3, 0.4) is 0 Å². The van der Waals surface area contributed by atoms with Gasteiger partial charge in [-0.15, -0.1) is 11.3 Å². The standard InChI is InChI=1S/C9H12O2.C7H10O2.C7H10OS.C6H10N2O.C6H9NOS.C5H11N3.2C5H11NO/c1-6(2)8-5-11-4-7(3)9(8)10;2*1-5(2)7-3-6(8)4-9-7;1-4(2)6-7-5(3)9-8-6;1-4(2)6-5(8)3-9-7-6;1-4(2)5-6-3-7-8-5;2*1-4(2)5(7)6-3/h4-6H,1-3H3;2*3-5,8H,1-2H3;4H,3H2,1-2H3,(H,7,8);3-4,8H,1-2H3;4,7H,3H2,1-2H3,(H,6,8);2*4H,1-3H3,(H,6,7). The number of rotatable bonds is 8. The van der Waals surface area contributed by atoms with Crippen molar-refractivity contribution in [2.45, 2.75) is 141 Å². The van der Waals surface area contributed by atoms with Gasteiger partial charge in [0, 0.05) is 77.1 Å². The van der Waals surface area contributed by atoms with Crippen LogP contribution in [-0.4, -0.2) is 63.9 Å². The molecule has 17 nitrogen and oxygen atoms in total. The second kappa shape index (κ2) is 35.5. The smallest absolute Gasteiger partial charge is 0.240 e. The van der Waals surface area contributed by atoms with Gasteiger partial charge < -0.3 is 45.1 Å². The Bertz CT molecular complexity index is 2100. The highest BCUT2D eigenvalue weighted by atomic mass is 32.1. The second-order valence-electron chi connectivity index (χ2n) is 17.9. The van der Waals surface area contributed by atoms with Crippen molar-refractivity contribution in [3.8, 4) is 17.2 Å². The number of aliphatic imine (C=N–C) groups is 2. The first-order valence-electron chi connectivity index (χ1n) is 23.0. The van der Waals surface area contributed by atoms with E-state index in [1.54, 1.807) is 49.2 Å². The molecule has 4 aromatic rings. The highest BCUT2D eigenvalue weighted by molar-refractivity contribution is 7.10. The first-order valence-corrected chi connectivity index (χ1v) is 24.7. The molecule has 4 aromatic heterocycles. The molecule has 0 spiro atoms. The van der Waals surface area contributed by atoms with E-state index in [1.165, 1.54) is 35.2 Å². The van der Waals surface area contributed by atoms with E-state index in [0.29, 0.717) is 59.2 Å². The van der Waals surface area contributed by atoms with Crippen LogP contribution < -0.4 is 32.4 Å². The number of aryl methyl sites for hydroxylation is 1. The van der Waals surface area contributed by atoms with Gasteiger partial charge in [0.25, 0.3) is 0 Å². The van der Waals surface area contributed by atoms with Gasteiger partial charge in [-0.25, -0.2) is 10.9 Å². The first kappa shape index (κ1) is 65.4. The molecule has 0 aliphatic carbocycles. The summed E-state index contributed by atoms with van der Waals surface area (Å²) in [7, 11) is 3.28. The molecule has 2 aliphatic rings. The molecule has 0 atom stereocenters. The van der Waals surface area contributed by atoms with E-state index in [-0.39, 0.29) is 40.7 Å². The zero-order valence-electron chi connectivity index (χ0n) is 44.5. The number of hydrogen-bond acceptors (Lipinski definition) is 17. The topological polar surface area (TPSA) is 245 Å². The van der Waals surface area contributed by atoms with Crippen LogP contribution in [-0.2, 0) is 14.4 Å². The number of nitrogens with zero attached hydrogens (tertiary/aromatic N) is 3. The lowest BCUT2D eigenvalue weighted by Crippen LogP contribution is -2.32. The Balaban J connectivity index is 0. The molecule has 0 bridgehead atoms. The number of carbonyl (C=O) groups is 2. The molecule has 69 heavy (non-hydrogen) atoms. The Morgan fingerprint density at radius 2 is 1.29 bits per heavy atom. The fraction of sp³-hybridized carbons (Fsp3) is 0.560. The van der Waals surface area contributed by atoms with Crippen molar-refractivity contribution >= 4 is 46.4 Å². The number of carbonyl (C=O) groups excluding carboxylic acids is 2. The third kappa shape index (κ3) is 29.1. The van der Waals surface area contributed by atoms with Crippen LogP contribution in [0.2, 0.25) is 0 Å². The maximum atomic E-state index is 11.4. The van der Waals surface area contributed by atoms with Crippen molar-refractivity contribution < 1.29 is 38.6 Å². The first-order chi connectivity index (χ1) is 32.1. The van der Waals surface area contributed by atoms with Gasteiger partial charge in [0.2, 0.25) is 17.7 Å². The SMILES string of the molecule is C=C1N=C(C(C)C)NO1.CC(C)C1=NCNN1.CC(C)c1cc(O)co1.CC(C)c1cc(O)cs1.CC(C)c1nscc1O.CNC(=O)C(C)C.CNC(=O)C(C)C.Cc1cocc(C(C)C)c1=O. The van der Waals surface area contributed by atoms with Gasteiger partial charge in [0.15, 0.2) is 11.2 Å². The Labute approximate surface area is 419 Å². The van der Waals surface area contributed by atoms with Crippen molar-refractivity contribution in [1.82, 2.24) is 31.3 Å². The van der Waals surface area contributed by atoms with Crippen LogP contribution in [0.4, 0.5) is 0 Å². The average molecular weight is 1010 g/mol. The molecule has 6 heterocycles. The Hall–Kier alpha value is -5.66. The van der Waals surface area contributed by atoms with Crippen molar-refractivity contribution in [2.75, 3.05) is 20.8 Å².